The number of carbonyl (C=O) groups is 1. The number of aryl methyl sites for hydroxylation is 1. The van der Waals surface area contributed by atoms with E-state index >= 15 is 0 Å². The highest BCUT2D eigenvalue weighted by Gasteiger charge is 2.32. The Hall–Kier alpha value is -1.38. The molecular formula is C21H35N3O4S. The Morgan fingerprint density at radius 3 is 2.48 bits per heavy atom. The zero-order valence-electron chi connectivity index (χ0n) is 17.7. The topological polar surface area (TPSA) is 82.9 Å². The fourth-order valence-electron chi connectivity index (χ4n) is 4.29. The summed E-state index contributed by atoms with van der Waals surface area (Å²) < 4.78 is 32.1. The van der Waals surface area contributed by atoms with Crippen LogP contribution in [-0.4, -0.2) is 62.0 Å². The fourth-order valence-corrected chi connectivity index (χ4v) is 5.97. The Morgan fingerprint density at radius 2 is 1.90 bits per heavy atom. The molecule has 2 aliphatic heterocycles. The van der Waals surface area contributed by atoms with Crippen LogP contribution in [0, 0.1) is 12.8 Å². The molecular weight excluding hydrogens is 390 g/mol. The van der Waals surface area contributed by atoms with Crippen LogP contribution in [0.5, 0.6) is 0 Å². The molecule has 3 rings (SSSR count). The third-order valence-corrected chi connectivity index (χ3v) is 8.07. The van der Waals surface area contributed by atoms with Crippen molar-refractivity contribution in [2.24, 2.45) is 5.92 Å². The van der Waals surface area contributed by atoms with Crippen LogP contribution in [0.3, 0.4) is 0 Å². The number of likely N-dealkylation sites (tertiary alicyclic amines) is 1. The van der Waals surface area contributed by atoms with Gasteiger partial charge in [0, 0.05) is 25.6 Å². The van der Waals surface area contributed by atoms with Crippen LogP contribution in [0.2, 0.25) is 0 Å². The third-order valence-electron chi connectivity index (χ3n) is 6.11. The molecule has 0 bridgehead atoms. The highest BCUT2D eigenvalue weighted by Crippen LogP contribution is 2.27. The number of hydrogen-bond donors (Lipinski definition) is 1. The summed E-state index contributed by atoms with van der Waals surface area (Å²) in [6, 6.07) is 4.03. The van der Waals surface area contributed by atoms with Gasteiger partial charge in [-0.2, -0.15) is 0 Å². The van der Waals surface area contributed by atoms with E-state index < -0.39 is 10.0 Å². The molecule has 1 unspecified atom stereocenters. The minimum Gasteiger partial charge on any atom is -0.465 e. The maximum absolute atomic E-state index is 12.8. The first-order chi connectivity index (χ1) is 13.9. The van der Waals surface area contributed by atoms with Gasteiger partial charge < -0.3 is 9.73 Å². The van der Waals surface area contributed by atoms with Crippen LogP contribution in [0.1, 0.15) is 63.0 Å². The lowest BCUT2D eigenvalue weighted by molar-refractivity contribution is -0.126. The fraction of sp³-hybridized carbons (Fsp3) is 0.762. The molecule has 29 heavy (non-hydrogen) atoms. The highest BCUT2D eigenvalue weighted by atomic mass is 32.2. The van der Waals surface area contributed by atoms with Gasteiger partial charge in [0.2, 0.25) is 15.9 Å². The van der Waals surface area contributed by atoms with Crippen LogP contribution < -0.4 is 5.32 Å². The summed E-state index contributed by atoms with van der Waals surface area (Å²) in [5.74, 6) is 1.91. The predicted octanol–water partition coefficient (Wildman–Crippen LogP) is 2.68. The second-order valence-corrected chi connectivity index (χ2v) is 10.4. The van der Waals surface area contributed by atoms with Gasteiger partial charge in [0.25, 0.3) is 0 Å². The average Bonchev–Trinajstić information content (AvgIpc) is 3.39. The van der Waals surface area contributed by atoms with Crippen LogP contribution in [0.4, 0.5) is 0 Å². The molecule has 0 saturated carbocycles. The zero-order valence-corrected chi connectivity index (χ0v) is 18.5. The molecule has 1 amide bonds. The summed E-state index contributed by atoms with van der Waals surface area (Å²) in [5, 5.41) is 3.12. The Labute approximate surface area is 174 Å². The van der Waals surface area contributed by atoms with Gasteiger partial charge in [0.1, 0.15) is 11.5 Å². The molecule has 0 aromatic carbocycles. The SMILES string of the molecule is CCCCS(=O)(=O)N1CCC(C(=O)NCC(c2ccc(C)o2)N2CCCC2)CC1. The van der Waals surface area contributed by atoms with E-state index in [0.29, 0.717) is 38.9 Å². The lowest BCUT2D eigenvalue weighted by Crippen LogP contribution is -2.45. The predicted molar refractivity (Wildman–Crippen MR) is 113 cm³/mol. The van der Waals surface area contributed by atoms with Crippen molar-refractivity contribution in [2.45, 2.75) is 58.4 Å². The molecule has 164 valence electrons. The van der Waals surface area contributed by atoms with Gasteiger partial charge in [-0.05, 0) is 64.3 Å². The first kappa shape index (κ1) is 22.3. The van der Waals surface area contributed by atoms with E-state index in [4.69, 9.17) is 4.42 Å². The van der Waals surface area contributed by atoms with Gasteiger partial charge in [-0.25, -0.2) is 12.7 Å². The van der Waals surface area contributed by atoms with Gasteiger partial charge >= 0.3 is 0 Å². The normalized spacial score (nSPS) is 20.8. The van der Waals surface area contributed by atoms with Crippen molar-refractivity contribution in [1.29, 1.82) is 0 Å². The van der Waals surface area contributed by atoms with Gasteiger partial charge in [0.05, 0.1) is 11.8 Å². The molecule has 1 atom stereocenters. The van der Waals surface area contributed by atoms with E-state index in [0.717, 1.165) is 31.0 Å². The van der Waals surface area contributed by atoms with Gasteiger partial charge in [-0.15, -0.1) is 0 Å². The number of piperidine rings is 1. The lowest BCUT2D eigenvalue weighted by Gasteiger charge is -2.31. The molecule has 1 aromatic heterocycles. The maximum atomic E-state index is 12.8. The number of hydrogen-bond acceptors (Lipinski definition) is 5. The standard InChI is InChI=1S/C21H35N3O4S/c1-3-4-15-29(26,27)24-13-9-18(10-14-24)21(25)22-16-19(23-11-5-6-12-23)20-8-7-17(2)28-20/h7-8,18-19H,3-6,9-16H2,1-2H3,(H,22,25). The Morgan fingerprint density at radius 1 is 1.21 bits per heavy atom. The molecule has 1 N–H and O–H groups in total. The summed E-state index contributed by atoms with van der Waals surface area (Å²) >= 11 is 0. The second-order valence-electron chi connectivity index (χ2n) is 8.30. The number of furan rings is 1. The minimum atomic E-state index is -3.18. The van der Waals surface area contributed by atoms with Crippen molar-refractivity contribution >= 4 is 15.9 Å². The van der Waals surface area contributed by atoms with Crippen molar-refractivity contribution < 1.29 is 17.6 Å². The van der Waals surface area contributed by atoms with Crippen molar-refractivity contribution in [3.8, 4) is 0 Å². The molecule has 3 heterocycles. The van der Waals surface area contributed by atoms with E-state index in [1.54, 1.807) is 4.31 Å². The summed E-state index contributed by atoms with van der Waals surface area (Å²) in [4.78, 5) is 15.1. The smallest absolute Gasteiger partial charge is 0.223 e. The third kappa shape index (κ3) is 5.83. The van der Waals surface area contributed by atoms with Crippen LogP contribution in [0.25, 0.3) is 0 Å². The molecule has 0 spiro atoms. The number of amides is 1. The number of rotatable bonds is 9. The molecule has 1 aromatic rings. The summed E-state index contributed by atoms with van der Waals surface area (Å²) in [5.41, 5.74) is 0. The lowest BCUT2D eigenvalue weighted by atomic mass is 9.97. The monoisotopic (exact) mass is 425 g/mol. The van der Waals surface area contributed by atoms with Crippen LogP contribution >= 0.6 is 0 Å². The first-order valence-corrected chi connectivity index (χ1v) is 12.6. The van der Waals surface area contributed by atoms with Gasteiger partial charge in [-0.1, -0.05) is 13.3 Å². The van der Waals surface area contributed by atoms with E-state index in [1.807, 2.05) is 26.0 Å². The van der Waals surface area contributed by atoms with Gasteiger partial charge in [-0.3, -0.25) is 9.69 Å². The quantitative estimate of drug-likeness (QED) is 0.658. The van der Waals surface area contributed by atoms with E-state index in [1.165, 1.54) is 12.8 Å². The van der Waals surface area contributed by atoms with E-state index in [-0.39, 0.29) is 23.6 Å². The number of nitrogens with one attached hydrogen (secondary N) is 1. The first-order valence-electron chi connectivity index (χ1n) is 11.0. The maximum Gasteiger partial charge on any atom is 0.223 e. The zero-order chi connectivity index (χ0) is 20.9. The molecule has 7 nitrogen and oxygen atoms in total. The average molecular weight is 426 g/mol. The molecule has 2 fully saturated rings. The van der Waals surface area contributed by atoms with Crippen molar-refractivity contribution in [3.05, 3.63) is 23.7 Å². The van der Waals surface area contributed by atoms with Crippen LogP contribution in [-0.2, 0) is 14.8 Å². The molecule has 0 aliphatic carbocycles. The molecule has 8 heteroatoms. The summed E-state index contributed by atoms with van der Waals surface area (Å²) in [6.45, 7) is 7.38. The van der Waals surface area contributed by atoms with Gasteiger partial charge in [0.15, 0.2) is 0 Å². The minimum absolute atomic E-state index is 0.0306. The Balaban J connectivity index is 1.52. The number of unbranched alkanes of at least 4 members (excludes halogenated alkanes) is 1. The number of sulfonamides is 1. The van der Waals surface area contributed by atoms with Crippen molar-refractivity contribution in [1.82, 2.24) is 14.5 Å². The molecule has 0 radical (unpaired) electrons. The summed E-state index contributed by atoms with van der Waals surface area (Å²) in [6.07, 6.45) is 5.08. The second kappa shape index (κ2) is 10.1. The van der Waals surface area contributed by atoms with Crippen molar-refractivity contribution in [2.75, 3.05) is 38.5 Å². The number of nitrogens with zero attached hydrogens (tertiary/aromatic N) is 2. The highest BCUT2D eigenvalue weighted by molar-refractivity contribution is 7.89. The van der Waals surface area contributed by atoms with E-state index in [2.05, 4.69) is 10.2 Å². The Kier molecular flexibility index (Phi) is 7.76. The van der Waals surface area contributed by atoms with Crippen LogP contribution in [0.15, 0.2) is 16.5 Å². The molecule has 2 aliphatic rings. The molecule has 2 saturated heterocycles. The van der Waals surface area contributed by atoms with E-state index in [9.17, 15) is 13.2 Å². The summed E-state index contributed by atoms with van der Waals surface area (Å²) in [7, 11) is -3.18. The Bertz CT molecular complexity index is 763. The number of carbonyl (C=O) groups excluding carboxylic acids is 1. The largest absolute Gasteiger partial charge is 0.465 e. The van der Waals surface area contributed by atoms with Crippen molar-refractivity contribution in [3.63, 3.8) is 0 Å².